The smallest absolute Gasteiger partial charge is 0.315 e. The van der Waals surface area contributed by atoms with Gasteiger partial charge in [0.1, 0.15) is 0 Å². The fourth-order valence-electron chi connectivity index (χ4n) is 1.18. The van der Waals surface area contributed by atoms with Gasteiger partial charge in [-0.15, -0.1) is 0 Å². The molecule has 0 aromatic carbocycles. The van der Waals surface area contributed by atoms with Crippen LogP contribution >= 0.6 is 0 Å². The number of hydrogen-bond donors (Lipinski definition) is 3. The lowest BCUT2D eigenvalue weighted by atomic mass is 10.4. The molecule has 1 saturated carbocycles. The van der Waals surface area contributed by atoms with Crippen molar-refractivity contribution in [3.63, 3.8) is 0 Å². The number of amides is 2. The Morgan fingerprint density at radius 2 is 2.43 bits per heavy atom. The van der Waals surface area contributed by atoms with Gasteiger partial charge in [0.05, 0.1) is 6.20 Å². The molecule has 0 aliphatic heterocycles. The molecule has 1 aromatic heterocycles. The molecule has 0 spiro atoms. The maximum absolute atomic E-state index is 11.2. The van der Waals surface area contributed by atoms with Crippen molar-refractivity contribution >= 4 is 6.03 Å². The lowest BCUT2D eigenvalue weighted by molar-refractivity contribution is 0.240. The highest BCUT2D eigenvalue weighted by Gasteiger charge is 2.21. The van der Waals surface area contributed by atoms with Gasteiger partial charge >= 0.3 is 6.03 Å². The van der Waals surface area contributed by atoms with E-state index in [1.807, 2.05) is 0 Å². The number of carbonyl (C=O) groups is 1. The summed E-state index contributed by atoms with van der Waals surface area (Å²) < 4.78 is 0. The van der Waals surface area contributed by atoms with E-state index in [0.29, 0.717) is 6.54 Å². The third-order valence-corrected chi connectivity index (χ3v) is 2.26. The van der Waals surface area contributed by atoms with Crippen LogP contribution in [0.3, 0.4) is 0 Å². The predicted octanol–water partition coefficient (Wildman–Crippen LogP) is 0.619. The van der Waals surface area contributed by atoms with Crippen LogP contribution in [0.25, 0.3) is 0 Å². The first-order valence-corrected chi connectivity index (χ1v) is 4.84. The molecule has 1 heterocycles. The van der Waals surface area contributed by atoms with Crippen LogP contribution in [0.5, 0.6) is 0 Å². The summed E-state index contributed by atoms with van der Waals surface area (Å²) in [5.74, 6) is 0.717. The topological polar surface area (TPSA) is 69.8 Å². The molecule has 1 aliphatic rings. The van der Waals surface area contributed by atoms with E-state index in [0.717, 1.165) is 18.0 Å². The number of H-pyrrole nitrogens is 1. The molecule has 0 unspecified atom stereocenters. The molecular formula is C9H14N4O. The molecule has 0 bridgehead atoms. The van der Waals surface area contributed by atoms with E-state index in [4.69, 9.17) is 0 Å². The number of nitrogens with one attached hydrogen (secondary N) is 3. The first-order valence-electron chi connectivity index (χ1n) is 4.84. The van der Waals surface area contributed by atoms with Crippen molar-refractivity contribution in [3.05, 3.63) is 18.0 Å². The Morgan fingerprint density at radius 3 is 3.07 bits per heavy atom. The zero-order valence-electron chi connectivity index (χ0n) is 7.92. The molecule has 2 rings (SSSR count). The molecule has 2 amide bonds. The molecule has 1 fully saturated rings. The molecule has 14 heavy (non-hydrogen) atoms. The molecule has 0 saturated heterocycles. The number of rotatable bonds is 4. The highest BCUT2D eigenvalue weighted by molar-refractivity contribution is 5.73. The van der Waals surface area contributed by atoms with E-state index < -0.39 is 0 Å². The van der Waals surface area contributed by atoms with Gasteiger partial charge < -0.3 is 10.6 Å². The molecule has 0 atom stereocenters. The van der Waals surface area contributed by atoms with Crippen molar-refractivity contribution in [1.82, 2.24) is 20.8 Å². The number of aromatic nitrogens is 2. The quantitative estimate of drug-likeness (QED) is 0.657. The first-order chi connectivity index (χ1) is 6.84. The van der Waals surface area contributed by atoms with E-state index in [1.165, 1.54) is 12.8 Å². The zero-order valence-corrected chi connectivity index (χ0v) is 7.92. The molecule has 1 aromatic rings. The number of nitrogens with zero attached hydrogens (tertiary/aromatic N) is 1. The van der Waals surface area contributed by atoms with Crippen molar-refractivity contribution in [3.8, 4) is 0 Å². The minimum absolute atomic E-state index is 0.0990. The summed E-state index contributed by atoms with van der Waals surface area (Å²) in [4.78, 5) is 11.2. The van der Waals surface area contributed by atoms with E-state index in [9.17, 15) is 4.79 Å². The molecule has 76 valence electrons. The van der Waals surface area contributed by atoms with Crippen LogP contribution < -0.4 is 10.6 Å². The van der Waals surface area contributed by atoms with Gasteiger partial charge in [0.15, 0.2) is 0 Å². The molecule has 0 radical (unpaired) electrons. The van der Waals surface area contributed by atoms with Gasteiger partial charge in [-0.1, -0.05) is 0 Å². The molecular weight excluding hydrogens is 180 g/mol. The third-order valence-electron chi connectivity index (χ3n) is 2.26. The van der Waals surface area contributed by atoms with Gasteiger partial charge in [-0.25, -0.2) is 4.79 Å². The van der Waals surface area contributed by atoms with Crippen molar-refractivity contribution in [2.45, 2.75) is 19.4 Å². The van der Waals surface area contributed by atoms with Gasteiger partial charge in [0.25, 0.3) is 0 Å². The summed E-state index contributed by atoms with van der Waals surface area (Å²) in [5, 5.41) is 12.1. The molecule has 5 nitrogen and oxygen atoms in total. The number of carbonyl (C=O) groups excluding carboxylic acids is 1. The lowest BCUT2D eigenvalue weighted by Gasteiger charge is -2.04. The van der Waals surface area contributed by atoms with E-state index in [-0.39, 0.29) is 6.03 Å². The summed E-state index contributed by atoms with van der Waals surface area (Å²) in [5.41, 5.74) is 0.978. The second-order valence-electron chi connectivity index (χ2n) is 3.61. The van der Waals surface area contributed by atoms with E-state index >= 15 is 0 Å². The van der Waals surface area contributed by atoms with Gasteiger partial charge in [-0.3, -0.25) is 5.10 Å². The second kappa shape index (κ2) is 4.13. The van der Waals surface area contributed by atoms with Gasteiger partial charge in [-0.05, 0) is 18.8 Å². The maximum atomic E-state index is 11.2. The Kier molecular flexibility index (Phi) is 2.67. The minimum Gasteiger partial charge on any atom is -0.338 e. The minimum atomic E-state index is -0.0990. The lowest BCUT2D eigenvalue weighted by Crippen LogP contribution is -2.36. The van der Waals surface area contributed by atoms with Crippen molar-refractivity contribution in [2.24, 2.45) is 5.92 Å². The van der Waals surface area contributed by atoms with Crippen LogP contribution in [0.4, 0.5) is 4.79 Å². The molecule has 3 N–H and O–H groups in total. The SMILES string of the molecule is O=C(NCc1cn[nH]c1)NCC1CC1. The average molecular weight is 194 g/mol. The monoisotopic (exact) mass is 194 g/mol. The number of aromatic amines is 1. The van der Waals surface area contributed by atoms with E-state index in [2.05, 4.69) is 20.8 Å². The largest absolute Gasteiger partial charge is 0.338 e. The van der Waals surface area contributed by atoms with Crippen molar-refractivity contribution in [2.75, 3.05) is 6.54 Å². The summed E-state index contributed by atoms with van der Waals surface area (Å²) in [6.45, 7) is 1.32. The fraction of sp³-hybridized carbons (Fsp3) is 0.556. The average Bonchev–Trinajstić information content (AvgIpc) is 2.87. The first kappa shape index (κ1) is 9.05. The molecule has 5 heteroatoms. The van der Waals surface area contributed by atoms with Gasteiger partial charge in [0, 0.05) is 24.8 Å². The highest BCUT2D eigenvalue weighted by atomic mass is 16.2. The van der Waals surface area contributed by atoms with Crippen molar-refractivity contribution < 1.29 is 4.79 Å². The van der Waals surface area contributed by atoms with Crippen LogP contribution in [0, 0.1) is 5.92 Å². The summed E-state index contributed by atoms with van der Waals surface area (Å²) >= 11 is 0. The van der Waals surface area contributed by atoms with Crippen molar-refractivity contribution in [1.29, 1.82) is 0 Å². The van der Waals surface area contributed by atoms with Gasteiger partial charge in [-0.2, -0.15) is 5.10 Å². The Morgan fingerprint density at radius 1 is 1.57 bits per heavy atom. The Balaban J connectivity index is 1.62. The zero-order chi connectivity index (χ0) is 9.80. The van der Waals surface area contributed by atoms with Crippen LogP contribution in [-0.2, 0) is 6.54 Å². The Labute approximate surface area is 82.3 Å². The standard InChI is InChI=1S/C9H14N4O/c14-9(10-3-7-1-2-7)11-4-8-5-12-13-6-8/h5-7H,1-4H2,(H,12,13)(H2,10,11,14). The van der Waals surface area contributed by atoms with Crippen LogP contribution in [-0.4, -0.2) is 22.8 Å². The normalized spacial score (nSPS) is 15.1. The summed E-state index contributed by atoms with van der Waals surface area (Å²) in [6, 6.07) is -0.0990. The second-order valence-corrected chi connectivity index (χ2v) is 3.61. The maximum Gasteiger partial charge on any atom is 0.315 e. The predicted molar refractivity (Wildman–Crippen MR) is 51.6 cm³/mol. The summed E-state index contributed by atoms with van der Waals surface area (Å²) in [6.07, 6.45) is 5.96. The molecule has 1 aliphatic carbocycles. The highest BCUT2D eigenvalue weighted by Crippen LogP contribution is 2.27. The number of hydrogen-bond acceptors (Lipinski definition) is 2. The Bertz CT molecular complexity index is 292. The Hall–Kier alpha value is -1.52. The van der Waals surface area contributed by atoms with Crippen LogP contribution in [0.2, 0.25) is 0 Å². The van der Waals surface area contributed by atoms with Crippen LogP contribution in [0.15, 0.2) is 12.4 Å². The number of urea groups is 1. The van der Waals surface area contributed by atoms with E-state index in [1.54, 1.807) is 12.4 Å². The summed E-state index contributed by atoms with van der Waals surface area (Å²) in [7, 11) is 0. The van der Waals surface area contributed by atoms with Gasteiger partial charge in [0.2, 0.25) is 0 Å². The fourth-order valence-corrected chi connectivity index (χ4v) is 1.18. The van der Waals surface area contributed by atoms with Crippen LogP contribution in [0.1, 0.15) is 18.4 Å². The third kappa shape index (κ3) is 2.76.